The van der Waals surface area contributed by atoms with Crippen LogP contribution in [-0.2, 0) is 0 Å². The van der Waals surface area contributed by atoms with Crippen LogP contribution in [0.4, 0.5) is 0 Å². The summed E-state index contributed by atoms with van der Waals surface area (Å²) >= 11 is 0. The Morgan fingerprint density at radius 2 is 0.973 bits per heavy atom. The van der Waals surface area contributed by atoms with E-state index >= 15 is 0 Å². The molecule has 0 fully saturated rings. The van der Waals surface area contributed by atoms with Crippen LogP contribution in [0.3, 0.4) is 0 Å². The molecule has 0 amide bonds. The maximum Gasteiger partial charge on any atom is 0.263 e. The normalized spacial score (nSPS) is 13.6. The molecule has 7 aromatic rings. The zero-order chi connectivity index (χ0) is 24.2. The minimum absolute atomic E-state index is 0.00951. The molecule has 5 aromatic carbocycles. The summed E-state index contributed by atoms with van der Waals surface area (Å²) in [6, 6.07) is 30.6. The van der Waals surface area contributed by atoms with Crippen molar-refractivity contribution in [2.45, 2.75) is 0 Å². The fraction of sp³-hybridized carbons (Fsp3) is 0. The van der Waals surface area contributed by atoms with Crippen LogP contribution in [0.2, 0.25) is 0 Å². The number of pyridine rings is 2. The molecule has 0 atom stereocenters. The molecule has 0 N–H and O–H groups in total. The predicted octanol–water partition coefficient (Wildman–Crippen LogP) is 3.72. The maximum absolute atomic E-state index is 14.2. The third kappa shape index (κ3) is 1.80. The minimum atomic E-state index is -0.0129. The first-order chi connectivity index (χ1) is 18.2. The predicted molar refractivity (Wildman–Crippen MR) is 151 cm³/mol. The van der Waals surface area contributed by atoms with Crippen LogP contribution in [0.1, 0.15) is 0 Å². The van der Waals surface area contributed by atoms with Crippen LogP contribution >= 0.6 is 0 Å². The fourth-order valence-electron chi connectivity index (χ4n) is 7.56. The van der Waals surface area contributed by atoms with E-state index in [1.165, 1.54) is 10.9 Å². The molecule has 37 heavy (non-hydrogen) atoms. The first-order valence-electron chi connectivity index (χ1n) is 12.6. The summed E-state index contributed by atoms with van der Waals surface area (Å²) < 4.78 is 3.83. The Labute approximate surface area is 209 Å². The van der Waals surface area contributed by atoms with E-state index in [2.05, 4.69) is 48.5 Å². The van der Waals surface area contributed by atoms with Crippen molar-refractivity contribution in [3.05, 3.63) is 112 Å². The molecule has 0 saturated carbocycles. The molecular weight excluding hydrogens is 455 g/mol. The summed E-state index contributed by atoms with van der Waals surface area (Å²) in [6.45, 7) is -0.00951. The van der Waals surface area contributed by atoms with Gasteiger partial charge in [-0.3, -0.25) is 18.7 Å². The highest BCUT2D eigenvalue weighted by Gasteiger charge is 2.46. The van der Waals surface area contributed by atoms with Gasteiger partial charge in [0.05, 0.1) is 11.0 Å². The van der Waals surface area contributed by atoms with Crippen molar-refractivity contribution in [3.8, 4) is 22.5 Å². The van der Waals surface area contributed by atoms with E-state index in [0.717, 1.165) is 60.5 Å². The largest absolute Gasteiger partial charge is 0.277 e. The van der Waals surface area contributed by atoms with Gasteiger partial charge in [0.1, 0.15) is 0 Å². The summed E-state index contributed by atoms with van der Waals surface area (Å²) in [4.78, 5) is 28.2. The Hall–Kier alpha value is -4.90. The average molecular weight is 470 g/mol. The van der Waals surface area contributed by atoms with Gasteiger partial charge in [0, 0.05) is 32.9 Å². The molecule has 0 saturated heterocycles. The second-order valence-electron chi connectivity index (χ2n) is 10.4. The number of rotatable bonds is 0. The SMILES string of the molecule is O=c1c2ccccc2c2ccc3c4c2n1-c1ccc2c5ccccc5c(=O)n5c2c1B4c1c-3cccc1-5. The zero-order valence-electron chi connectivity index (χ0n) is 19.4. The van der Waals surface area contributed by atoms with Gasteiger partial charge in [-0.15, -0.1) is 0 Å². The van der Waals surface area contributed by atoms with Crippen molar-refractivity contribution in [2.24, 2.45) is 0 Å². The molecule has 5 heteroatoms. The lowest BCUT2D eigenvalue weighted by Crippen LogP contribution is -2.59. The topological polar surface area (TPSA) is 44.0 Å². The van der Waals surface area contributed by atoms with Gasteiger partial charge in [-0.05, 0) is 62.6 Å². The van der Waals surface area contributed by atoms with Gasteiger partial charge in [0.2, 0.25) is 0 Å². The van der Waals surface area contributed by atoms with Crippen molar-refractivity contribution in [1.82, 2.24) is 9.13 Å². The standard InChI is InChI=1S/C32H15BN2O2/c36-31-23-9-4-2-7-17(23)21-14-15-25-28-30(21)34(31)24-11-5-10-18-19-12-13-20-16-6-1-3-8-22(16)32(37)35(25)29(20)27(19)33(28)26(18)24/h1-15H. The fourth-order valence-corrected chi connectivity index (χ4v) is 7.56. The highest BCUT2D eigenvalue weighted by atomic mass is 16.1. The van der Waals surface area contributed by atoms with Crippen molar-refractivity contribution < 1.29 is 0 Å². The molecule has 3 aliphatic heterocycles. The molecule has 0 spiro atoms. The summed E-state index contributed by atoms with van der Waals surface area (Å²) in [6.07, 6.45) is 0. The van der Waals surface area contributed by atoms with Gasteiger partial charge < -0.3 is 0 Å². The van der Waals surface area contributed by atoms with Crippen molar-refractivity contribution in [1.29, 1.82) is 0 Å². The highest BCUT2D eigenvalue weighted by molar-refractivity contribution is 7.03. The van der Waals surface area contributed by atoms with Gasteiger partial charge in [-0.1, -0.05) is 66.7 Å². The molecule has 0 bridgehead atoms. The van der Waals surface area contributed by atoms with E-state index in [1.54, 1.807) is 0 Å². The van der Waals surface area contributed by atoms with Gasteiger partial charge >= 0.3 is 0 Å². The van der Waals surface area contributed by atoms with Crippen LogP contribution in [0.25, 0.3) is 65.9 Å². The van der Waals surface area contributed by atoms with E-state index in [4.69, 9.17) is 0 Å². The second-order valence-corrected chi connectivity index (χ2v) is 10.4. The van der Waals surface area contributed by atoms with Crippen LogP contribution in [0.5, 0.6) is 0 Å². The Kier molecular flexibility index (Phi) is 2.85. The molecule has 0 aliphatic carbocycles. The third-order valence-electron chi connectivity index (χ3n) is 8.88. The Morgan fingerprint density at radius 1 is 0.432 bits per heavy atom. The van der Waals surface area contributed by atoms with E-state index in [0.29, 0.717) is 10.8 Å². The number of fused-ring (bicyclic) bond motifs is 7. The monoisotopic (exact) mass is 470 g/mol. The summed E-state index contributed by atoms with van der Waals surface area (Å²) in [7, 11) is 0. The first-order valence-corrected chi connectivity index (χ1v) is 12.6. The average Bonchev–Trinajstić information content (AvgIpc) is 3.29. The van der Waals surface area contributed by atoms with E-state index < -0.39 is 0 Å². The number of nitrogens with zero attached hydrogens (tertiary/aromatic N) is 2. The number of hydrogen-bond donors (Lipinski definition) is 0. The maximum atomic E-state index is 14.2. The van der Waals surface area contributed by atoms with E-state index in [9.17, 15) is 9.59 Å². The lowest BCUT2D eigenvalue weighted by molar-refractivity contribution is 1.05. The number of benzene rings is 5. The summed E-state index contributed by atoms with van der Waals surface area (Å²) in [5.74, 6) is 0. The van der Waals surface area contributed by atoms with Crippen LogP contribution in [0.15, 0.2) is 101 Å². The lowest BCUT2D eigenvalue weighted by atomic mass is 9.36. The van der Waals surface area contributed by atoms with Crippen molar-refractivity contribution >= 4 is 66.5 Å². The first kappa shape index (κ1) is 18.4. The Bertz CT molecular complexity index is 2410. The zero-order valence-corrected chi connectivity index (χ0v) is 19.4. The van der Waals surface area contributed by atoms with Gasteiger partial charge in [-0.2, -0.15) is 0 Å². The molecule has 3 aliphatic rings. The number of hydrogen-bond acceptors (Lipinski definition) is 2. The van der Waals surface area contributed by atoms with Gasteiger partial charge in [-0.25, -0.2) is 0 Å². The van der Waals surface area contributed by atoms with Gasteiger partial charge in [0.25, 0.3) is 17.8 Å². The van der Waals surface area contributed by atoms with Crippen LogP contribution < -0.4 is 27.5 Å². The van der Waals surface area contributed by atoms with Gasteiger partial charge in [0.15, 0.2) is 0 Å². The second kappa shape index (κ2) is 5.74. The minimum Gasteiger partial charge on any atom is -0.277 e. The quantitative estimate of drug-likeness (QED) is 0.251. The van der Waals surface area contributed by atoms with E-state index in [-0.39, 0.29) is 17.8 Å². The highest BCUT2D eigenvalue weighted by Crippen LogP contribution is 2.39. The molecule has 0 radical (unpaired) electrons. The molecular formula is C32H15BN2O2. The summed E-state index contributed by atoms with van der Waals surface area (Å²) in [5, 5.41) is 5.50. The molecule has 4 nitrogen and oxygen atoms in total. The Morgan fingerprint density at radius 3 is 1.65 bits per heavy atom. The smallest absolute Gasteiger partial charge is 0.263 e. The van der Waals surface area contributed by atoms with Crippen LogP contribution in [-0.4, -0.2) is 15.8 Å². The molecule has 5 heterocycles. The lowest BCUT2D eigenvalue weighted by Gasteiger charge is -2.33. The molecule has 10 rings (SSSR count). The molecule has 168 valence electrons. The van der Waals surface area contributed by atoms with Crippen molar-refractivity contribution in [3.63, 3.8) is 0 Å². The van der Waals surface area contributed by atoms with Crippen LogP contribution in [0, 0.1) is 0 Å². The molecule has 2 aromatic heterocycles. The number of aromatic nitrogens is 2. The summed E-state index contributed by atoms with van der Waals surface area (Å²) in [5.41, 5.74) is 9.48. The van der Waals surface area contributed by atoms with Crippen molar-refractivity contribution in [2.75, 3.05) is 0 Å². The molecule has 0 unspecified atom stereocenters. The Balaban J connectivity index is 1.59. The van der Waals surface area contributed by atoms with E-state index in [1.807, 2.05) is 51.6 Å². The third-order valence-corrected chi connectivity index (χ3v) is 8.88.